The molecule has 0 unspecified atom stereocenters. The van der Waals surface area contributed by atoms with Crippen molar-refractivity contribution in [1.82, 2.24) is 14.9 Å². The molecule has 4 nitrogen and oxygen atoms in total. The summed E-state index contributed by atoms with van der Waals surface area (Å²) in [7, 11) is 0. The van der Waals surface area contributed by atoms with Crippen molar-refractivity contribution < 1.29 is 4.79 Å². The molecule has 140 valence electrons. The monoisotopic (exact) mass is 361 g/mol. The number of nitrogens with one attached hydrogen (secondary N) is 1. The molecule has 1 N–H and O–H groups in total. The number of carbonyl (C=O) groups excluding carboxylic acids is 1. The van der Waals surface area contributed by atoms with Crippen LogP contribution < -0.4 is 5.32 Å². The predicted molar refractivity (Wildman–Crippen MR) is 109 cm³/mol. The summed E-state index contributed by atoms with van der Waals surface area (Å²) >= 11 is 0. The van der Waals surface area contributed by atoms with Crippen LogP contribution in [0.5, 0.6) is 0 Å². The van der Waals surface area contributed by atoms with Gasteiger partial charge in [-0.15, -0.1) is 0 Å². The zero-order chi connectivity index (χ0) is 19.0. The fraction of sp³-hybridized carbons (Fsp3) is 0.391. The van der Waals surface area contributed by atoms with Crippen molar-refractivity contribution in [3.63, 3.8) is 0 Å². The van der Waals surface area contributed by atoms with Crippen molar-refractivity contribution in [1.29, 1.82) is 0 Å². The van der Waals surface area contributed by atoms with Crippen molar-refractivity contribution in [2.24, 2.45) is 5.92 Å². The van der Waals surface area contributed by atoms with Crippen molar-refractivity contribution in [2.75, 3.05) is 0 Å². The Kier molecular flexibility index (Phi) is 4.73. The second-order valence-electron chi connectivity index (χ2n) is 7.88. The molecule has 4 rings (SSSR count). The highest BCUT2D eigenvalue weighted by molar-refractivity contribution is 5.97. The fourth-order valence-corrected chi connectivity index (χ4v) is 4.22. The molecule has 1 amide bonds. The number of hydrogen-bond acceptors (Lipinski definition) is 2. The maximum Gasteiger partial charge on any atom is 0.251 e. The molecule has 0 spiro atoms. The van der Waals surface area contributed by atoms with Gasteiger partial charge in [-0.1, -0.05) is 31.9 Å². The van der Waals surface area contributed by atoms with Crippen molar-refractivity contribution in [2.45, 2.75) is 52.5 Å². The molecule has 2 atom stereocenters. The van der Waals surface area contributed by atoms with Gasteiger partial charge < -0.3 is 5.32 Å². The molecular formula is C23H27N3O. The highest BCUT2D eigenvalue weighted by Gasteiger charge is 2.23. The van der Waals surface area contributed by atoms with Gasteiger partial charge in [-0.2, -0.15) is 0 Å². The van der Waals surface area contributed by atoms with Crippen LogP contribution in [-0.2, 0) is 0 Å². The number of aromatic nitrogens is 2. The van der Waals surface area contributed by atoms with E-state index in [4.69, 9.17) is 4.98 Å². The SMILES string of the molecule is Cc1cccc(-n2c(C)nc3cc(C(=O)N[C@H]4CCCC[C@@H]4C)ccc32)c1. The Morgan fingerprint density at radius 3 is 2.70 bits per heavy atom. The molecule has 1 saturated carbocycles. The van der Waals surface area contributed by atoms with Crippen molar-refractivity contribution in [3.8, 4) is 5.69 Å². The van der Waals surface area contributed by atoms with E-state index in [1.807, 2.05) is 25.1 Å². The van der Waals surface area contributed by atoms with E-state index in [0.29, 0.717) is 11.5 Å². The molecule has 0 radical (unpaired) electrons. The Balaban J connectivity index is 1.64. The zero-order valence-corrected chi connectivity index (χ0v) is 16.3. The van der Waals surface area contributed by atoms with E-state index in [0.717, 1.165) is 29.0 Å². The smallest absolute Gasteiger partial charge is 0.251 e. The largest absolute Gasteiger partial charge is 0.349 e. The molecule has 4 heteroatoms. The lowest BCUT2D eigenvalue weighted by molar-refractivity contribution is 0.0910. The first-order valence-electron chi connectivity index (χ1n) is 9.90. The van der Waals surface area contributed by atoms with Gasteiger partial charge >= 0.3 is 0 Å². The third kappa shape index (κ3) is 3.48. The van der Waals surface area contributed by atoms with Crippen LogP contribution in [0, 0.1) is 19.8 Å². The fourth-order valence-electron chi connectivity index (χ4n) is 4.22. The van der Waals surface area contributed by atoms with E-state index in [1.165, 1.54) is 24.8 Å². The lowest BCUT2D eigenvalue weighted by Gasteiger charge is -2.29. The second kappa shape index (κ2) is 7.18. The minimum absolute atomic E-state index is 0.0124. The molecular weight excluding hydrogens is 334 g/mol. The second-order valence-corrected chi connectivity index (χ2v) is 7.88. The Morgan fingerprint density at radius 2 is 1.93 bits per heavy atom. The number of rotatable bonds is 3. The van der Waals surface area contributed by atoms with Gasteiger partial charge in [0.2, 0.25) is 0 Å². The number of nitrogens with zero attached hydrogens (tertiary/aromatic N) is 2. The minimum atomic E-state index is 0.0124. The first-order chi connectivity index (χ1) is 13.0. The third-order valence-corrected chi connectivity index (χ3v) is 5.77. The van der Waals surface area contributed by atoms with Crippen LogP contribution in [0.2, 0.25) is 0 Å². The van der Waals surface area contributed by atoms with E-state index in [-0.39, 0.29) is 11.9 Å². The summed E-state index contributed by atoms with van der Waals surface area (Å²) in [4.78, 5) is 17.5. The summed E-state index contributed by atoms with van der Waals surface area (Å²) < 4.78 is 2.15. The van der Waals surface area contributed by atoms with Crippen molar-refractivity contribution >= 4 is 16.9 Å². The average Bonchev–Trinajstić information content (AvgIpc) is 2.98. The van der Waals surface area contributed by atoms with Crippen molar-refractivity contribution in [3.05, 3.63) is 59.4 Å². The van der Waals surface area contributed by atoms with Crippen LogP contribution in [0.3, 0.4) is 0 Å². The topological polar surface area (TPSA) is 46.9 Å². The van der Waals surface area contributed by atoms with Gasteiger partial charge in [-0.25, -0.2) is 4.98 Å². The van der Waals surface area contributed by atoms with E-state index in [2.05, 4.69) is 48.0 Å². The first-order valence-corrected chi connectivity index (χ1v) is 9.90. The number of carbonyl (C=O) groups is 1. The van der Waals surface area contributed by atoms with Crippen LogP contribution in [0.1, 0.15) is 54.4 Å². The maximum absolute atomic E-state index is 12.8. The molecule has 1 aromatic heterocycles. The summed E-state index contributed by atoms with van der Waals surface area (Å²) in [6.07, 6.45) is 4.75. The van der Waals surface area contributed by atoms with Gasteiger partial charge in [0.1, 0.15) is 5.82 Å². The third-order valence-electron chi connectivity index (χ3n) is 5.77. The normalized spacial score (nSPS) is 20.0. The lowest BCUT2D eigenvalue weighted by Crippen LogP contribution is -2.41. The van der Waals surface area contributed by atoms with Gasteiger partial charge in [-0.05, 0) is 68.5 Å². The average molecular weight is 361 g/mol. The molecule has 1 aliphatic carbocycles. The van der Waals surface area contributed by atoms with Gasteiger partial charge in [0.05, 0.1) is 11.0 Å². The Morgan fingerprint density at radius 1 is 1.11 bits per heavy atom. The predicted octanol–water partition coefficient (Wildman–Crippen LogP) is 4.95. The summed E-state index contributed by atoms with van der Waals surface area (Å²) in [5.41, 5.74) is 4.89. The minimum Gasteiger partial charge on any atom is -0.349 e. The molecule has 27 heavy (non-hydrogen) atoms. The molecule has 0 aliphatic heterocycles. The van der Waals surface area contributed by atoms with E-state index < -0.39 is 0 Å². The standard InChI is InChI=1S/C23H27N3O/c1-15-7-6-9-19(13-15)26-17(3)24-21-14-18(11-12-22(21)26)23(27)25-20-10-5-4-8-16(20)2/h6-7,9,11-14,16,20H,4-5,8,10H2,1-3H3,(H,25,27)/t16-,20-/m0/s1. The van der Waals surface area contributed by atoms with E-state index in [9.17, 15) is 4.79 Å². The number of amides is 1. The number of hydrogen-bond donors (Lipinski definition) is 1. The zero-order valence-electron chi connectivity index (χ0n) is 16.3. The highest BCUT2D eigenvalue weighted by Crippen LogP contribution is 2.25. The summed E-state index contributed by atoms with van der Waals surface area (Å²) in [5, 5.41) is 3.24. The maximum atomic E-state index is 12.8. The summed E-state index contributed by atoms with van der Waals surface area (Å²) in [6.45, 7) is 6.33. The Hall–Kier alpha value is -2.62. The number of fused-ring (bicyclic) bond motifs is 1. The van der Waals surface area contributed by atoms with Crippen LogP contribution in [0.25, 0.3) is 16.7 Å². The molecule has 1 heterocycles. The molecule has 1 aliphatic rings. The van der Waals surface area contributed by atoms with Crippen LogP contribution in [0.4, 0.5) is 0 Å². The van der Waals surface area contributed by atoms with E-state index >= 15 is 0 Å². The molecule has 2 aromatic carbocycles. The van der Waals surface area contributed by atoms with Gasteiger partial charge in [0.15, 0.2) is 0 Å². The number of aryl methyl sites for hydroxylation is 2. The van der Waals surface area contributed by atoms with Crippen LogP contribution >= 0.6 is 0 Å². The first kappa shape index (κ1) is 17.8. The van der Waals surface area contributed by atoms with Crippen LogP contribution in [0.15, 0.2) is 42.5 Å². The molecule has 3 aromatic rings. The molecule has 0 saturated heterocycles. The van der Waals surface area contributed by atoms with E-state index in [1.54, 1.807) is 0 Å². The summed E-state index contributed by atoms with van der Waals surface area (Å²) in [5.74, 6) is 1.49. The highest BCUT2D eigenvalue weighted by atomic mass is 16.1. The lowest BCUT2D eigenvalue weighted by atomic mass is 9.86. The van der Waals surface area contributed by atoms with Gasteiger partial charge in [0, 0.05) is 17.3 Å². The number of imidazole rings is 1. The van der Waals surface area contributed by atoms with Crippen LogP contribution in [-0.4, -0.2) is 21.5 Å². The quantitative estimate of drug-likeness (QED) is 0.717. The Labute approximate surface area is 160 Å². The summed E-state index contributed by atoms with van der Waals surface area (Å²) in [6, 6.07) is 14.5. The van der Waals surface area contributed by atoms with Gasteiger partial charge in [0.25, 0.3) is 5.91 Å². The Bertz CT molecular complexity index is 988. The van der Waals surface area contributed by atoms with Gasteiger partial charge in [-0.3, -0.25) is 9.36 Å². The molecule has 0 bridgehead atoms. The number of benzene rings is 2. The molecule has 1 fully saturated rings.